The van der Waals surface area contributed by atoms with Crippen LogP contribution in [0.4, 0.5) is 17.1 Å². The van der Waals surface area contributed by atoms with Gasteiger partial charge >= 0.3 is 0 Å². The first-order valence-corrected chi connectivity index (χ1v) is 5.04. The van der Waals surface area contributed by atoms with E-state index in [2.05, 4.69) is 5.32 Å². The van der Waals surface area contributed by atoms with E-state index in [9.17, 15) is 20.2 Å². The van der Waals surface area contributed by atoms with Crippen LogP contribution in [0.15, 0.2) is 12.1 Å². The molecule has 0 bridgehead atoms. The molecule has 0 fully saturated rings. The number of nitrogens with one attached hydrogen (secondary N) is 1. The summed E-state index contributed by atoms with van der Waals surface area (Å²) in [6, 6.07) is 2.40. The molecule has 0 atom stereocenters. The average Bonchev–Trinajstić information content (AvgIpc) is 2.53. The molecule has 1 aromatic rings. The Morgan fingerprint density at radius 3 is 2.41 bits per heavy atom. The van der Waals surface area contributed by atoms with Crippen LogP contribution in [0, 0.1) is 20.2 Å². The highest BCUT2D eigenvalue weighted by atomic mass is 16.6. The lowest BCUT2D eigenvalue weighted by Gasteiger charge is -2.16. The molecule has 1 N–H and O–H groups in total. The third kappa shape index (κ3) is 1.69. The Hall–Kier alpha value is -2.18. The number of hydrogen-bond acceptors (Lipinski definition) is 5. The summed E-state index contributed by atoms with van der Waals surface area (Å²) in [6.45, 7) is 4.31. The highest BCUT2D eigenvalue weighted by Crippen LogP contribution is 2.44. The Labute approximate surface area is 96.7 Å². The van der Waals surface area contributed by atoms with Crippen LogP contribution in [0.2, 0.25) is 0 Å². The van der Waals surface area contributed by atoms with Gasteiger partial charge in [-0.3, -0.25) is 20.2 Å². The molecule has 1 aliphatic heterocycles. The van der Waals surface area contributed by atoms with Gasteiger partial charge in [0.25, 0.3) is 11.4 Å². The molecule has 7 nitrogen and oxygen atoms in total. The number of nitrogens with zero attached hydrogens (tertiary/aromatic N) is 2. The van der Waals surface area contributed by atoms with Gasteiger partial charge < -0.3 is 5.32 Å². The normalized spacial score (nSPS) is 16.1. The fraction of sp³-hybridized carbons (Fsp3) is 0.400. The molecule has 0 aliphatic carbocycles. The van der Waals surface area contributed by atoms with Crippen molar-refractivity contribution in [2.75, 3.05) is 11.9 Å². The van der Waals surface area contributed by atoms with E-state index in [-0.39, 0.29) is 16.8 Å². The molecule has 0 unspecified atom stereocenters. The number of fused-ring (bicyclic) bond motifs is 1. The smallest absolute Gasteiger partial charge is 0.299 e. The van der Waals surface area contributed by atoms with Crippen molar-refractivity contribution >= 4 is 17.1 Å². The predicted octanol–water partition coefficient (Wildman–Crippen LogP) is 2.21. The zero-order chi connectivity index (χ0) is 12.8. The van der Waals surface area contributed by atoms with Gasteiger partial charge in [-0.25, -0.2) is 0 Å². The molecule has 0 radical (unpaired) electrons. The van der Waals surface area contributed by atoms with Crippen LogP contribution in [0.1, 0.15) is 19.4 Å². The van der Waals surface area contributed by atoms with E-state index in [4.69, 9.17) is 0 Å². The van der Waals surface area contributed by atoms with Crippen LogP contribution in [-0.2, 0) is 5.41 Å². The third-order valence-corrected chi connectivity index (χ3v) is 2.95. The van der Waals surface area contributed by atoms with Crippen LogP contribution in [0.5, 0.6) is 0 Å². The summed E-state index contributed by atoms with van der Waals surface area (Å²) in [6.07, 6.45) is 0. The lowest BCUT2D eigenvalue weighted by Crippen LogP contribution is -2.18. The third-order valence-electron chi connectivity index (χ3n) is 2.95. The van der Waals surface area contributed by atoms with Gasteiger partial charge in [-0.05, 0) is 5.56 Å². The first kappa shape index (κ1) is 11.3. The molecule has 0 amide bonds. The Morgan fingerprint density at radius 2 is 1.88 bits per heavy atom. The topological polar surface area (TPSA) is 98.3 Å². The Balaban J connectivity index is 2.71. The largest absolute Gasteiger partial charge is 0.378 e. The Bertz CT molecular complexity index is 525. The van der Waals surface area contributed by atoms with Gasteiger partial charge in [-0.1, -0.05) is 13.8 Å². The lowest BCUT2D eigenvalue weighted by atomic mass is 9.86. The van der Waals surface area contributed by atoms with Crippen molar-refractivity contribution in [2.24, 2.45) is 0 Å². The second-order valence-electron chi connectivity index (χ2n) is 4.64. The van der Waals surface area contributed by atoms with Crippen molar-refractivity contribution in [1.82, 2.24) is 0 Å². The van der Waals surface area contributed by atoms with E-state index in [0.717, 1.165) is 6.07 Å². The molecule has 2 rings (SSSR count). The summed E-state index contributed by atoms with van der Waals surface area (Å²) < 4.78 is 0. The Morgan fingerprint density at radius 1 is 1.24 bits per heavy atom. The van der Waals surface area contributed by atoms with E-state index >= 15 is 0 Å². The van der Waals surface area contributed by atoms with Crippen molar-refractivity contribution in [3.63, 3.8) is 0 Å². The van der Waals surface area contributed by atoms with Gasteiger partial charge in [0.15, 0.2) is 0 Å². The first-order chi connectivity index (χ1) is 7.83. The Kier molecular flexibility index (Phi) is 2.27. The van der Waals surface area contributed by atoms with Gasteiger partial charge in [-0.2, -0.15) is 0 Å². The van der Waals surface area contributed by atoms with Gasteiger partial charge in [0.1, 0.15) is 5.69 Å². The molecule has 1 aromatic carbocycles. The summed E-state index contributed by atoms with van der Waals surface area (Å²) >= 11 is 0. The number of benzene rings is 1. The summed E-state index contributed by atoms with van der Waals surface area (Å²) in [5, 5.41) is 24.6. The highest BCUT2D eigenvalue weighted by molar-refractivity contribution is 5.74. The zero-order valence-electron chi connectivity index (χ0n) is 9.39. The number of nitro benzene ring substituents is 2. The molecule has 0 saturated heterocycles. The van der Waals surface area contributed by atoms with E-state index in [0.29, 0.717) is 17.8 Å². The molecule has 1 aliphatic rings. The number of hydrogen-bond donors (Lipinski definition) is 1. The van der Waals surface area contributed by atoms with Gasteiger partial charge in [0, 0.05) is 18.0 Å². The lowest BCUT2D eigenvalue weighted by molar-refractivity contribution is -0.393. The fourth-order valence-electron chi connectivity index (χ4n) is 1.99. The fourth-order valence-corrected chi connectivity index (χ4v) is 1.99. The number of rotatable bonds is 2. The van der Waals surface area contributed by atoms with E-state index in [1.165, 1.54) is 6.07 Å². The monoisotopic (exact) mass is 237 g/mol. The number of anilines is 1. The van der Waals surface area contributed by atoms with E-state index < -0.39 is 9.85 Å². The summed E-state index contributed by atoms with van der Waals surface area (Å²) in [4.78, 5) is 20.4. The molecular formula is C10H11N3O4. The van der Waals surface area contributed by atoms with Gasteiger partial charge in [0.2, 0.25) is 0 Å². The predicted molar refractivity (Wildman–Crippen MR) is 61.3 cm³/mol. The van der Waals surface area contributed by atoms with Crippen molar-refractivity contribution < 1.29 is 9.85 Å². The van der Waals surface area contributed by atoms with Crippen LogP contribution in [-0.4, -0.2) is 16.4 Å². The summed E-state index contributed by atoms with van der Waals surface area (Å²) in [5.74, 6) is 0. The number of nitro groups is 2. The van der Waals surface area contributed by atoms with Crippen LogP contribution in [0.3, 0.4) is 0 Å². The SMILES string of the molecule is CC1(C)CNc2c([N+](=O)[O-])cc([N+](=O)[O-])cc21. The standard InChI is InChI=1S/C10H11N3O4/c1-10(2)5-11-9-7(10)3-6(12(14)15)4-8(9)13(16)17/h3-4,11H,5H2,1-2H3. The van der Waals surface area contributed by atoms with E-state index in [1.54, 1.807) is 0 Å². The molecule has 7 heteroatoms. The second kappa shape index (κ2) is 3.41. The summed E-state index contributed by atoms with van der Waals surface area (Å²) in [5.41, 5.74) is 0.197. The van der Waals surface area contributed by atoms with Crippen LogP contribution in [0.25, 0.3) is 0 Å². The maximum atomic E-state index is 10.9. The maximum Gasteiger partial charge on any atom is 0.299 e. The molecule has 1 heterocycles. The summed E-state index contributed by atoms with van der Waals surface area (Å²) in [7, 11) is 0. The second-order valence-corrected chi connectivity index (χ2v) is 4.64. The minimum absolute atomic E-state index is 0.236. The van der Waals surface area contributed by atoms with Gasteiger partial charge in [-0.15, -0.1) is 0 Å². The minimum atomic E-state index is -0.609. The quantitative estimate of drug-likeness (QED) is 0.628. The van der Waals surface area contributed by atoms with Crippen molar-refractivity contribution in [3.8, 4) is 0 Å². The molecule has 0 saturated carbocycles. The van der Waals surface area contributed by atoms with Gasteiger partial charge in [0.05, 0.1) is 15.9 Å². The highest BCUT2D eigenvalue weighted by Gasteiger charge is 2.37. The first-order valence-electron chi connectivity index (χ1n) is 5.04. The molecular weight excluding hydrogens is 226 g/mol. The molecule has 90 valence electrons. The van der Waals surface area contributed by atoms with Crippen LogP contribution < -0.4 is 5.32 Å². The average molecular weight is 237 g/mol. The van der Waals surface area contributed by atoms with Crippen molar-refractivity contribution in [2.45, 2.75) is 19.3 Å². The molecule has 0 aromatic heterocycles. The molecule has 0 spiro atoms. The van der Waals surface area contributed by atoms with E-state index in [1.807, 2.05) is 13.8 Å². The van der Waals surface area contributed by atoms with Crippen LogP contribution >= 0.6 is 0 Å². The number of non-ortho nitro benzene ring substituents is 1. The van der Waals surface area contributed by atoms with Crippen molar-refractivity contribution in [3.05, 3.63) is 37.9 Å². The molecule has 17 heavy (non-hydrogen) atoms. The minimum Gasteiger partial charge on any atom is -0.378 e. The zero-order valence-corrected chi connectivity index (χ0v) is 9.39. The maximum absolute atomic E-state index is 10.9. The van der Waals surface area contributed by atoms with Crippen molar-refractivity contribution in [1.29, 1.82) is 0 Å².